The first-order valence-electron chi connectivity index (χ1n) is 8.77. The normalized spacial score (nSPS) is 25.4. The summed E-state index contributed by atoms with van der Waals surface area (Å²) in [6.07, 6.45) is 3.56. The Balaban J connectivity index is 1.58. The number of anilines is 1. The number of nitrogens with two attached hydrogens (primary N) is 1. The predicted molar refractivity (Wildman–Crippen MR) is 98.5 cm³/mol. The Morgan fingerprint density at radius 3 is 2.72 bits per heavy atom. The zero-order valence-electron chi connectivity index (χ0n) is 14.7. The van der Waals surface area contributed by atoms with E-state index in [1.54, 1.807) is 0 Å². The van der Waals surface area contributed by atoms with Crippen LogP contribution in [0.3, 0.4) is 0 Å². The van der Waals surface area contributed by atoms with Crippen molar-refractivity contribution < 1.29 is 9.53 Å². The van der Waals surface area contributed by atoms with Crippen LogP contribution in [0.4, 0.5) is 5.69 Å². The van der Waals surface area contributed by atoms with Gasteiger partial charge in [0, 0.05) is 24.0 Å². The SMILES string of the molecule is CC(C)C/C(N)=C/C(=N)C(=O)Nc1ccc([C@@H]2O[C@H]3CN[C@@H]2C3)cc1. The van der Waals surface area contributed by atoms with E-state index in [4.69, 9.17) is 15.9 Å². The second-order valence-corrected chi connectivity index (χ2v) is 7.24. The topological polar surface area (TPSA) is 100 Å². The summed E-state index contributed by atoms with van der Waals surface area (Å²) < 4.78 is 5.98. The van der Waals surface area contributed by atoms with E-state index in [0.717, 1.165) is 18.5 Å². The van der Waals surface area contributed by atoms with Crippen LogP contribution in [-0.4, -0.2) is 30.3 Å². The number of hydrogen-bond donors (Lipinski definition) is 4. The summed E-state index contributed by atoms with van der Waals surface area (Å²) in [6, 6.07) is 8.01. The van der Waals surface area contributed by atoms with Crippen molar-refractivity contribution in [2.24, 2.45) is 11.7 Å². The van der Waals surface area contributed by atoms with E-state index >= 15 is 0 Å². The minimum atomic E-state index is -0.461. The molecule has 25 heavy (non-hydrogen) atoms. The molecule has 6 heteroatoms. The monoisotopic (exact) mass is 342 g/mol. The van der Waals surface area contributed by atoms with Crippen LogP contribution < -0.4 is 16.4 Å². The lowest BCUT2D eigenvalue weighted by Gasteiger charge is -2.23. The van der Waals surface area contributed by atoms with Crippen LogP contribution in [0.5, 0.6) is 0 Å². The van der Waals surface area contributed by atoms with E-state index in [1.165, 1.54) is 6.08 Å². The predicted octanol–water partition coefficient (Wildman–Crippen LogP) is 2.34. The number of nitrogens with one attached hydrogen (secondary N) is 3. The number of fused-ring (bicyclic) bond motifs is 2. The fraction of sp³-hybridized carbons (Fsp3) is 0.474. The highest BCUT2D eigenvalue weighted by Gasteiger charge is 2.41. The summed E-state index contributed by atoms with van der Waals surface area (Å²) in [4.78, 5) is 12.1. The van der Waals surface area contributed by atoms with Crippen LogP contribution in [0.15, 0.2) is 36.0 Å². The third-order valence-corrected chi connectivity index (χ3v) is 4.54. The van der Waals surface area contributed by atoms with Crippen LogP contribution in [0.2, 0.25) is 0 Å². The molecule has 0 aliphatic carbocycles. The molecule has 3 atom stereocenters. The molecular formula is C19H26N4O2. The highest BCUT2D eigenvalue weighted by Crippen LogP contribution is 2.36. The highest BCUT2D eigenvalue weighted by molar-refractivity contribution is 6.46. The standard InChI is InChI=1S/C19H26N4O2/c1-11(2)7-13(20)8-16(21)19(24)23-14-5-3-12(4-6-14)18-17-9-15(25-18)10-22-17/h3-6,8,11,15,17-18,21-22H,7,9-10,20H2,1-2H3,(H,23,24)/b13-8-,21-16?/t15-,17-,18+/m1/s1. The van der Waals surface area contributed by atoms with Crippen molar-refractivity contribution in [2.75, 3.05) is 11.9 Å². The molecule has 0 unspecified atom stereocenters. The minimum absolute atomic E-state index is 0.0839. The maximum atomic E-state index is 12.1. The number of carbonyl (C=O) groups is 1. The fourth-order valence-electron chi connectivity index (χ4n) is 3.42. The summed E-state index contributed by atoms with van der Waals surface area (Å²) in [5.41, 5.74) is 8.02. The summed E-state index contributed by atoms with van der Waals surface area (Å²) in [5, 5.41) is 14.0. The first-order valence-corrected chi connectivity index (χ1v) is 8.77. The third-order valence-electron chi connectivity index (χ3n) is 4.54. The molecule has 134 valence electrons. The largest absolute Gasteiger partial charge is 0.402 e. The molecule has 0 spiro atoms. The van der Waals surface area contributed by atoms with Gasteiger partial charge in [0.1, 0.15) is 5.71 Å². The van der Waals surface area contributed by atoms with Crippen molar-refractivity contribution in [3.63, 3.8) is 0 Å². The van der Waals surface area contributed by atoms with Crippen molar-refractivity contribution >= 4 is 17.3 Å². The van der Waals surface area contributed by atoms with Crippen molar-refractivity contribution in [3.05, 3.63) is 41.6 Å². The molecule has 3 rings (SSSR count). The molecule has 5 N–H and O–H groups in total. The van der Waals surface area contributed by atoms with Gasteiger partial charge in [-0.3, -0.25) is 10.2 Å². The molecule has 2 saturated heterocycles. The molecular weight excluding hydrogens is 316 g/mol. The second kappa shape index (κ2) is 7.37. The Kier molecular flexibility index (Phi) is 5.20. The summed E-state index contributed by atoms with van der Waals surface area (Å²) in [7, 11) is 0. The maximum absolute atomic E-state index is 12.1. The lowest BCUT2D eigenvalue weighted by molar-refractivity contribution is -0.110. The zero-order chi connectivity index (χ0) is 18.0. The van der Waals surface area contributed by atoms with Gasteiger partial charge in [-0.1, -0.05) is 26.0 Å². The number of benzene rings is 1. The van der Waals surface area contributed by atoms with Gasteiger partial charge in [-0.2, -0.15) is 0 Å². The van der Waals surface area contributed by atoms with Crippen LogP contribution in [0, 0.1) is 11.3 Å². The van der Waals surface area contributed by atoms with Gasteiger partial charge in [0.25, 0.3) is 5.91 Å². The summed E-state index contributed by atoms with van der Waals surface area (Å²) >= 11 is 0. The lowest BCUT2D eigenvalue weighted by Crippen LogP contribution is -2.33. The molecule has 2 fully saturated rings. The third kappa shape index (κ3) is 4.27. The van der Waals surface area contributed by atoms with Crippen molar-refractivity contribution in [3.8, 4) is 0 Å². The maximum Gasteiger partial charge on any atom is 0.273 e. The lowest BCUT2D eigenvalue weighted by atomic mass is 10.0. The Hall–Kier alpha value is -2.18. The van der Waals surface area contributed by atoms with E-state index in [-0.39, 0.29) is 11.8 Å². The quantitative estimate of drug-likeness (QED) is 0.596. The van der Waals surface area contributed by atoms with Gasteiger partial charge in [0.15, 0.2) is 0 Å². The zero-order valence-corrected chi connectivity index (χ0v) is 14.7. The van der Waals surface area contributed by atoms with Crippen LogP contribution in [0.1, 0.15) is 38.4 Å². The molecule has 0 radical (unpaired) electrons. The van der Waals surface area contributed by atoms with Crippen LogP contribution in [0.25, 0.3) is 0 Å². The number of hydrogen-bond acceptors (Lipinski definition) is 5. The van der Waals surface area contributed by atoms with E-state index in [0.29, 0.717) is 35.9 Å². The number of amides is 1. The molecule has 6 nitrogen and oxygen atoms in total. The van der Waals surface area contributed by atoms with Gasteiger partial charge in [0.05, 0.1) is 12.2 Å². The molecule has 1 aromatic rings. The second-order valence-electron chi connectivity index (χ2n) is 7.24. The number of carbonyl (C=O) groups excluding carboxylic acids is 1. The van der Waals surface area contributed by atoms with Gasteiger partial charge < -0.3 is 21.1 Å². The van der Waals surface area contributed by atoms with E-state index in [9.17, 15) is 4.79 Å². The molecule has 1 amide bonds. The molecule has 1 aromatic carbocycles. The number of morpholine rings is 1. The molecule has 2 heterocycles. The van der Waals surface area contributed by atoms with Crippen molar-refractivity contribution in [1.82, 2.24) is 5.32 Å². The van der Waals surface area contributed by atoms with Gasteiger partial charge in [0.2, 0.25) is 0 Å². The molecule has 0 saturated carbocycles. The van der Waals surface area contributed by atoms with Gasteiger partial charge in [-0.05, 0) is 42.5 Å². The average molecular weight is 342 g/mol. The molecule has 0 aromatic heterocycles. The average Bonchev–Trinajstić information content (AvgIpc) is 3.17. The Morgan fingerprint density at radius 1 is 1.44 bits per heavy atom. The summed E-state index contributed by atoms with van der Waals surface area (Å²) in [6.45, 7) is 5.02. The van der Waals surface area contributed by atoms with E-state index in [2.05, 4.69) is 10.6 Å². The smallest absolute Gasteiger partial charge is 0.273 e. The number of rotatable bonds is 6. The van der Waals surface area contributed by atoms with Gasteiger partial charge >= 0.3 is 0 Å². The van der Waals surface area contributed by atoms with Gasteiger partial charge in [-0.15, -0.1) is 0 Å². The first kappa shape index (κ1) is 17.6. The first-order chi connectivity index (χ1) is 11.9. The highest BCUT2D eigenvalue weighted by atomic mass is 16.5. The number of ether oxygens (including phenoxy) is 1. The summed E-state index contributed by atoms with van der Waals surface area (Å²) in [5.74, 6) is -0.0699. The van der Waals surface area contributed by atoms with E-state index in [1.807, 2.05) is 38.1 Å². The van der Waals surface area contributed by atoms with Crippen LogP contribution >= 0.6 is 0 Å². The van der Waals surface area contributed by atoms with E-state index < -0.39 is 5.91 Å². The molecule has 2 aliphatic rings. The molecule has 2 aliphatic heterocycles. The Morgan fingerprint density at radius 2 is 2.16 bits per heavy atom. The molecule has 2 bridgehead atoms. The van der Waals surface area contributed by atoms with Crippen molar-refractivity contribution in [1.29, 1.82) is 5.41 Å². The van der Waals surface area contributed by atoms with Crippen LogP contribution in [-0.2, 0) is 9.53 Å². The van der Waals surface area contributed by atoms with Crippen molar-refractivity contribution in [2.45, 2.75) is 44.9 Å². The van der Waals surface area contributed by atoms with Gasteiger partial charge in [-0.25, -0.2) is 0 Å². The Labute approximate surface area is 148 Å². The fourth-order valence-corrected chi connectivity index (χ4v) is 3.42. The number of allylic oxidation sites excluding steroid dienone is 1. The minimum Gasteiger partial charge on any atom is -0.402 e. The Bertz CT molecular complexity index is 681.